The van der Waals surface area contributed by atoms with Gasteiger partial charge in [-0.3, -0.25) is 4.90 Å². The quantitative estimate of drug-likeness (QED) is 0.844. The van der Waals surface area contributed by atoms with E-state index in [-0.39, 0.29) is 0 Å². The van der Waals surface area contributed by atoms with E-state index >= 15 is 0 Å². The summed E-state index contributed by atoms with van der Waals surface area (Å²) in [4.78, 5) is 6.46. The first-order chi connectivity index (χ1) is 8.07. The third-order valence-corrected chi connectivity index (χ3v) is 3.60. The van der Waals surface area contributed by atoms with Gasteiger partial charge in [0.25, 0.3) is 0 Å². The van der Waals surface area contributed by atoms with E-state index in [1.807, 2.05) is 32.6 Å². The second-order valence-corrected chi connectivity index (χ2v) is 5.50. The summed E-state index contributed by atoms with van der Waals surface area (Å²) in [6, 6.07) is 0.324. The molecule has 1 aliphatic rings. The molecule has 1 unspecified atom stereocenters. The second-order valence-electron chi connectivity index (χ2n) is 5.50. The molecule has 1 atom stereocenters. The van der Waals surface area contributed by atoms with Crippen LogP contribution in [-0.2, 0) is 6.54 Å². The number of imidazole rings is 1. The smallest absolute Gasteiger partial charge is 0.0945 e. The van der Waals surface area contributed by atoms with Crippen LogP contribution in [0.2, 0.25) is 0 Å². The molecule has 1 fully saturated rings. The SMILES string of the molecule is CC(C)(O)C1CCCN1CCCn1ccnc1. The third-order valence-electron chi connectivity index (χ3n) is 3.60. The Morgan fingerprint density at radius 1 is 1.41 bits per heavy atom. The fourth-order valence-corrected chi connectivity index (χ4v) is 2.77. The molecule has 0 radical (unpaired) electrons. The van der Waals surface area contributed by atoms with Crippen LogP contribution in [0.25, 0.3) is 0 Å². The summed E-state index contributed by atoms with van der Waals surface area (Å²) in [6.45, 7) is 7.04. The Labute approximate surface area is 103 Å². The normalized spacial score (nSPS) is 22.2. The molecule has 96 valence electrons. The van der Waals surface area contributed by atoms with E-state index in [1.54, 1.807) is 0 Å². The lowest BCUT2D eigenvalue weighted by atomic mass is 9.96. The number of hydrogen-bond donors (Lipinski definition) is 1. The molecule has 0 aromatic carbocycles. The maximum atomic E-state index is 10.1. The highest BCUT2D eigenvalue weighted by molar-refractivity contribution is 4.90. The van der Waals surface area contributed by atoms with Crippen LogP contribution in [0.5, 0.6) is 0 Å². The zero-order valence-corrected chi connectivity index (χ0v) is 10.8. The van der Waals surface area contributed by atoms with Crippen molar-refractivity contribution < 1.29 is 5.11 Å². The minimum Gasteiger partial charge on any atom is -0.389 e. The summed E-state index contributed by atoms with van der Waals surface area (Å²) >= 11 is 0. The Kier molecular flexibility index (Phi) is 3.84. The molecule has 0 amide bonds. The number of aliphatic hydroxyl groups is 1. The number of likely N-dealkylation sites (tertiary alicyclic amines) is 1. The highest BCUT2D eigenvalue weighted by Gasteiger charge is 2.35. The summed E-state index contributed by atoms with van der Waals surface area (Å²) in [6.07, 6.45) is 9.11. The number of aryl methyl sites for hydroxylation is 1. The van der Waals surface area contributed by atoms with Gasteiger partial charge in [-0.05, 0) is 39.7 Å². The lowest BCUT2D eigenvalue weighted by Gasteiger charge is -2.33. The van der Waals surface area contributed by atoms with E-state index in [0.717, 1.165) is 32.5 Å². The summed E-state index contributed by atoms with van der Waals surface area (Å²) in [5, 5.41) is 10.1. The van der Waals surface area contributed by atoms with Gasteiger partial charge in [-0.25, -0.2) is 4.98 Å². The summed E-state index contributed by atoms with van der Waals surface area (Å²) in [7, 11) is 0. The number of nitrogens with zero attached hydrogens (tertiary/aromatic N) is 3. The molecule has 2 heterocycles. The predicted octanol–water partition coefficient (Wildman–Crippen LogP) is 1.51. The Hall–Kier alpha value is -0.870. The van der Waals surface area contributed by atoms with Crippen molar-refractivity contribution in [2.24, 2.45) is 0 Å². The number of aromatic nitrogens is 2. The van der Waals surface area contributed by atoms with E-state index < -0.39 is 5.60 Å². The van der Waals surface area contributed by atoms with Crippen molar-refractivity contribution in [3.8, 4) is 0 Å². The van der Waals surface area contributed by atoms with Crippen LogP contribution in [0.15, 0.2) is 18.7 Å². The topological polar surface area (TPSA) is 41.3 Å². The van der Waals surface area contributed by atoms with Gasteiger partial charge in [-0.1, -0.05) is 0 Å². The molecule has 1 aromatic heterocycles. The van der Waals surface area contributed by atoms with Crippen LogP contribution >= 0.6 is 0 Å². The van der Waals surface area contributed by atoms with Gasteiger partial charge in [0.2, 0.25) is 0 Å². The fraction of sp³-hybridized carbons (Fsp3) is 0.769. The molecule has 0 bridgehead atoms. The molecule has 1 aromatic rings. The summed E-state index contributed by atoms with van der Waals surface area (Å²) < 4.78 is 2.11. The third kappa shape index (κ3) is 3.30. The number of hydrogen-bond acceptors (Lipinski definition) is 3. The molecule has 1 N–H and O–H groups in total. The fourth-order valence-electron chi connectivity index (χ4n) is 2.77. The lowest BCUT2D eigenvalue weighted by Crippen LogP contribution is -2.46. The molecule has 0 saturated carbocycles. The van der Waals surface area contributed by atoms with E-state index in [1.165, 1.54) is 6.42 Å². The molecule has 4 heteroatoms. The predicted molar refractivity (Wildman–Crippen MR) is 67.7 cm³/mol. The Morgan fingerprint density at radius 3 is 2.88 bits per heavy atom. The molecular formula is C13H23N3O. The minimum absolute atomic E-state index is 0.324. The molecular weight excluding hydrogens is 214 g/mol. The van der Waals surface area contributed by atoms with Crippen molar-refractivity contribution in [2.75, 3.05) is 13.1 Å². The highest BCUT2D eigenvalue weighted by atomic mass is 16.3. The monoisotopic (exact) mass is 237 g/mol. The maximum Gasteiger partial charge on any atom is 0.0945 e. The molecule has 17 heavy (non-hydrogen) atoms. The zero-order chi connectivity index (χ0) is 12.3. The molecule has 2 rings (SSSR count). The van der Waals surface area contributed by atoms with Gasteiger partial charge < -0.3 is 9.67 Å². The summed E-state index contributed by atoms with van der Waals surface area (Å²) in [5.41, 5.74) is -0.578. The molecule has 0 aliphatic carbocycles. The maximum absolute atomic E-state index is 10.1. The van der Waals surface area contributed by atoms with Gasteiger partial charge in [-0.2, -0.15) is 0 Å². The van der Waals surface area contributed by atoms with Gasteiger partial charge in [-0.15, -0.1) is 0 Å². The van der Waals surface area contributed by atoms with Crippen LogP contribution in [0, 0.1) is 0 Å². The van der Waals surface area contributed by atoms with Crippen molar-refractivity contribution in [3.05, 3.63) is 18.7 Å². The van der Waals surface area contributed by atoms with Crippen LogP contribution in [0.1, 0.15) is 33.1 Å². The first-order valence-corrected chi connectivity index (χ1v) is 6.49. The van der Waals surface area contributed by atoms with Gasteiger partial charge >= 0.3 is 0 Å². The van der Waals surface area contributed by atoms with Gasteiger partial charge in [0.15, 0.2) is 0 Å². The van der Waals surface area contributed by atoms with E-state index in [0.29, 0.717) is 6.04 Å². The average molecular weight is 237 g/mol. The minimum atomic E-state index is -0.578. The molecule has 1 saturated heterocycles. The van der Waals surface area contributed by atoms with Crippen molar-refractivity contribution in [1.82, 2.24) is 14.5 Å². The van der Waals surface area contributed by atoms with E-state index in [9.17, 15) is 5.11 Å². The van der Waals surface area contributed by atoms with Crippen molar-refractivity contribution in [2.45, 2.75) is 51.3 Å². The highest BCUT2D eigenvalue weighted by Crippen LogP contribution is 2.26. The molecule has 1 aliphatic heterocycles. The number of rotatable bonds is 5. The van der Waals surface area contributed by atoms with Crippen LogP contribution in [0.4, 0.5) is 0 Å². The summed E-state index contributed by atoms with van der Waals surface area (Å²) in [5.74, 6) is 0. The van der Waals surface area contributed by atoms with Crippen LogP contribution < -0.4 is 0 Å². The zero-order valence-electron chi connectivity index (χ0n) is 10.8. The molecule has 0 spiro atoms. The van der Waals surface area contributed by atoms with Gasteiger partial charge in [0.05, 0.1) is 11.9 Å². The van der Waals surface area contributed by atoms with Crippen molar-refractivity contribution in [1.29, 1.82) is 0 Å². The van der Waals surface area contributed by atoms with E-state index in [2.05, 4.69) is 14.5 Å². The first-order valence-electron chi connectivity index (χ1n) is 6.49. The Bertz CT molecular complexity index is 329. The Balaban J connectivity index is 1.78. The average Bonchev–Trinajstić information content (AvgIpc) is 2.86. The lowest BCUT2D eigenvalue weighted by molar-refractivity contribution is -0.00289. The standard InChI is InChI=1S/C13H23N3O/c1-13(2,17)12-5-3-8-16(12)9-4-7-15-10-6-14-11-15/h6,10-12,17H,3-5,7-9H2,1-2H3. The molecule has 4 nitrogen and oxygen atoms in total. The Morgan fingerprint density at radius 2 is 2.24 bits per heavy atom. The van der Waals surface area contributed by atoms with Gasteiger partial charge in [0, 0.05) is 31.5 Å². The second kappa shape index (κ2) is 5.19. The van der Waals surface area contributed by atoms with Crippen LogP contribution in [0.3, 0.4) is 0 Å². The van der Waals surface area contributed by atoms with E-state index in [4.69, 9.17) is 0 Å². The largest absolute Gasteiger partial charge is 0.389 e. The first kappa shape index (κ1) is 12.6. The van der Waals surface area contributed by atoms with Crippen molar-refractivity contribution >= 4 is 0 Å². The van der Waals surface area contributed by atoms with Gasteiger partial charge in [0.1, 0.15) is 0 Å². The van der Waals surface area contributed by atoms with Crippen molar-refractivity contribution in [3.63, 3.8) is 0 Å². The van der Waals surface area contributed by atoms with Crippen LogP contribution in [-0.4, -0.2) is 44.3 Å².